The fourth-order valence-corrected chi connectivity index (χ4v) is 3.79. The molecule has 0 amide bonds. The second kappa shape index (κ2) is 7.15. The molecule has 146 valence electrons. The molecule has 0 saturated heterocycles. The third kappa shape index (κ3) is 4.26. The van der Waals surface area contributed by atoms with Gasteiger partial charge in [-0.15, -0.1) is 0 Å². The van der Waals surface area contributed by atoms with Crippen LogP contribution < -0.4 is 5.43 Å². The predicted molar refractivity (Wildman–Crippen MR) is 100 cm³/mol. The molecule has 1 aliphatic carbocycles. The number of allylic oxidation sites excluding steroid dienone is 3. The average molecular weight is 378 g/mol. The summed E-state index contributed by atoms with van der Waals surface area (Å²) in [5.74, 6) is 0. The van der Waals surface area contributed by atoms with Crippen molar-refractivity contribution in [2.45, 2.75) is 58.4 Å². The van der Waals surface area contributed by atoms with Gasteiger partial charge in [-0.1, -0.05) is 32.1 Å². The van der Waals surface area contributed by atoms with Gasteiger partial charge in [0.2, 0.25) is 0 Å². The fourth-order valence-electron chi connectivity index (χ4n) is 3.79. The summed E-state index contributed by atoms with van der Waals surface area (Å²) >= 11 is 0. The first-order valence-electron chi connectivity index (χ1n) is 9.14. The molecule has 1 heterocycles. The molecule has 0 saturated carbocycles. The van der Waals surface area contributed by atoms with Crippen LogP contribution in [0.5, 0.6) is 0 Å². The highest BCUT2D eigenvalue weighted by Gasteiger charge is 2.32. The Hall–Kier alpha value is -2.08. The molecule has 1 aromatic carbocycles. The highest BCUT2D eigenvalue weighted by molar-refractivity contribution is 5.96. The Bertz CT molecular complexity index is 806. The van der Waals surface area contributed by atoms with E-state index in [0.717, 1.165) is 35.8 Å². The number of hydrazone groups is 1. The van der Waals surface area contributed by atoms with E-state index < -0.39 is 17.8 Å². The zero-order chi connectivity index (χ0) is 19.8. The minimum atomic E-state index is -4.35. The smallest absolute Gasteiger partial charge is 0.389 e. The van der Waals surface area contributed by atoms with Crippen LogP contribution in [0.2, 0.25) is 0 Å². The standard InChI is InChI=1S/C21H25F3N2O/c1-13-17(20(2,3)10-9-19(13)27)8-7-16-12-18(26-25-16)14-5-4-6-15(11-14)21(22,23)24/h4-8,11,18-19,26-27H,9-10,12H2,1-3H3/b8-7+. The number of halogens is 3. The van der Waals surface area contributed by atoms with E-state index in [1.807, 2.05) is 19.1 Å². The van der Waals surface area contributed by atoms with Gasteiger partial charge in [-0.3, -0.25) is 0 Å². The van der Waals surface area contributed by atoms with E-state index in [4.69, 9.17) is 0 Å². The summed E-state index contributed by atoms with van der Waals surface area (Å²) in [7, 11) is 0. The summed E-state index contributed by atoms with van der Waals surface area (Å²) in [4.78, 5) is 0. The molecular weight excluding hydrogens is 353 g/mol. The number of hydrogen-bond acceptors (Lipinski definition) is 3. The van der Waals surface area contributed by atoms with Crippen molar-refractivity contribution in [3.8, 4) is 0 Å². The van der Waals surface area contributed by atoms with Crippen LogP contribution in [0, 0.1) is 5.41 Å². The Kier molecular flexibility index (Phi) is 5.21. The van der Waals surface area contributed by atoms with Crippen molar-refractivity contribution in [2.24, 2.45) is 10.5 Å². The van der Waals surface area contributed by atoms with E-state index in [9.17, 15) is 18.3 Å². The summed E-state index contributed by atoms with van der Waals surface area (Å²) in [6.45, 7) is 6.26. The molecule has 1 aliphatic heterocycles. The Morgan fingerprint density at radius 3 is 2.70 bits per heavy atom. The van der Waals surface area contributed by atoms with E-state index in [2.05, 4.69) is 24.4 Å². The van der Waals surface area contributed by atoms with Gasteiger partial charge in [-0.25, -0.2) is 0 Å². The number of aliphatic hydroxyl groups is 1. The van der Waals surface area contributed by atoms with Gasteiger partial charge in [0, 0.05) is 6.42 Å². The van der Waals surface area contributed by atoms with Gasteiger partial charge in [-0.2, -0.15) is 18.3 Å². The fraction of sp³-hybridized carbons (Fsp3) is 0.476. The second-order valence-corrected chi connectivity index (χ2v) is 7.98. The monoisotopic (exact) mass is 378 g/mol. The van der Waals surface area contributed by atoms with Gasteiger partial charge in [0.05, 0.1) is 23.4 Å². The number of alkyl halides is 3. The van der Waals surface area contributed by atoms with E-state index in [1.54, 1.807) is 6.07 Å². The van der Waals surface area contributed by atoms with Gasteiger partial charge in [0.15, 0.2) is 0 Å². The highest BCUT2D eigenvalue weighted by Crippen LogP contribution is 2.41. The lowest BCUT2D eigenvalue weighted by Crippen LogP contribution is -2.27. The topological polar surface area (TPSA) is 44.6 Å². The van der Waals surface area contributed by atoms with Gasteiger partial charge in [0.1, 0.15) is 0 Å². The maximum atomic E-state index is 12.9. The van der Waals surface area contributed by atoms with E-state index in [0.29, 0.717) is 12.0 Å². The molecule has 6 heteroatoms. The molecule has 0 fully saturated rings. The molecule has 0 aromatic heterocycles. The normalized spacial score (nSPS) is 25.7. The average Bonchev–Trinajstić information content (AvgIpc) is 3.07. The van der Waals surface area contributed by atoms with Crippen LogP contribution in [0.3, 0.4) is 0 Å². The summed E-state index contributed by atoms with van der Waals surface area (Å²) in [5, 5.41) is 14.4. The van der Waals surface area contributed by atoms with E-state index >= 15 is 0 Å². The first kappa shape index (κ1) is 19.7. The van der Waals surface area contributed by atoms with Crippen LogP contribution in [-0.4, -0.2) is 16.9 Å². The molecule has 1 aromatic rings. The SMILES string of the molecule is CC1=C(/C=C/C2=NNC(c3cccc(C(F)(F)F)c3)C2)C(C)(C)CCC1O. The Balaban J connectivity index is 1.73. The first-order valence-corrected chi connectivity index (χ1v) is 9.14. The molecule has 3 nitrogen and oxygen atoms in total. The summed E-state index contributed by atoms with van der Waals surface area (Å²) < 4.78 is 38.7. The van der Waals surface area contributed by atoms with Crippen molar-refractivity contribution in [3.05, 3.63) is 58.7 Å². The van der Waals surface area contributed by atoms with Gasteiger partial charge >= 0.3 is 6.18 Å². The number of nitrogens with one attached hydrogen (secondary N) is 1. The maximum absolute atomic E-state index is 12.9. The molecule has 0 spiro atoms. The highest BCUT2D eigenvalue weighted by atomic mass is 19.4. The summed E-state index contributed by atoms with van der Waals surface area (Å²) in [6.07, 6.45) is 1.31. The molecular formula is C21H25F3N2O. The van der Waals surface area contributed by atoms with Crippen LogP contribution in [0.1, 0.15) is 57.2 Å². The van der Waals surface area contributed by atoms with Crippen molar-refractivity contribution in [3.63, 3.8) is 0 Å². The van der Waals surface area contributed by atoms with Crippen molar-refractivity contribution < 1.29 is 18.3 Å². The molecule has 3 rings (SSSR count). The molecule has 2 N–H and O–H groups in total. The third-order valence-electron chi connectivity index (χ3n) is 5.53. The van der Waals surface area contributed by atoms with Crippen molar-refractivity contribution in [1.29, 1.82) is 0 Å². The quantitative estimate of drug-likeness (QED) is 0.764. The molecule has 2 aliphatic rings. The Morgan fingerprint density at radius 1 is 1.26 bits per heavy atom. The zero-order valence-electron chi connectivity index (χ0n) is 15.8. The number of hydrogen-bond donors (Lipinski definition) is 2. The molecule has 0 bridgehead atoms. The maximum Gasteiger partial charge on any atom is 0.416 e. The van der Waals surface area contributed by atoms with Gasteiger partial charge in [-0.05, 0) is 60.1 Å². The third-order valence-corrected chi connectivity index (χ3v) is 5.53. The number of benzene rings is 1. The lowest BCUT2D eigenvalue weighted by atomic mass is 9.71. The number of rotatable bonds is 3. The molecule has 2 atom stereocenters. The minimum Gasteiger partial charge on any atom is -0.389 e. The lowest BCUT2D eigenvalue weighted by Gasteiger charge is -2.35. The van der Waals surface area contributed by atoms with Gasteiger partial charge in [0.25, 0.3) is 0 Å². The van der Waals surface area contributed by atoms with Crippen LogP contribution in [0.25, 0.3) is 0 Å². The van der Waals surface area contributed by atoms with Crippen LogP contribution >= 0.6 is 0 Å². The lowest BCUT2D eigenvalue weighted by molar-refractivity contribution is -0.137. The second-order valence-electron chi connectivity index (χ2n) is 7.98. The van der Waals surface area contributed by atoms with Crippen LogP contribution in [0.15, 0.2) is 52.7 Å². The van der Waals surface area contributed by atoms with Crippen LogP contribution in [-0.2, 0) is 6.18 Å². The van der Waals surface area contributed by atoms with Crippen molar-refractivity contribution in [1.82, 2.24) is 5.43 Å². The van der Waals surface area contributed by atoms with Gasteiger partial charge < -0.3 is 10.5 Å². The van der Waals surface area contributed by atoms with E-state index in [-0.39, 0.29) is 11.5 Å². The van der Waals surface area contributed by atoms with Crippen molar-refractivity contribution in [2.75, 3.05) is 0 Å². The van der Waals surface area contributed by atoms with Crippen molar-refractivity contribution >= 4 is 5.71 Å². The first-order chi connectivity index (χ1) is 12.6. The number of aliphatic hydroxyl groups excluding tert-OH is 1. The molecule has 27 heavy (non-hydrogen) atoms. The zero-order valence-corrected chi connectivity index (χ0v) is 15.8. The Morgan fingerprint density at radius 2 is 2.00 bits per heavy atom. The number of nitrogens with zero attached hydrogens (tertiary/aromatic N) is 1. The largest absolute Gasteiger partial charge is 0.416 e. The summed E-state index contributed by atoms with van der Waals surface area (Å²) in [5.41, 5.74) is 5.70. The minimum absolute atomic E-state index is 0.0210. The van der Waals surface area contributed by atoms with Crippen LogP contribution in [0.4, 0.5) is 13.2 Å². The molecule has 2 unspecified atom stereocenters. The summed E-state index contributed by atoms with van der Waals surface area (Å²) in [6, 6.07) is 5.08. The van der Waals surface area contributed by atoms with E-state index in [1.165, 1.54) is 12.1 Å². The Labute approximate surface area is 157 Å². The molecule has 0 radical (unpaired) electrons. The predicted octanol–water partition coefficient (Wildman–Crippen LogP) is 5.15.